The van der Waals surface area contributed by atoms with E-state index in [0.717, 1.165) is 5.56 Å². The summed E-state index contributed by atoms with van der Waals surface area (Å²) in [7, 11) is 0. The molecule has 32 heavy (non-hydrogen) atoms. The number of amides is 2. The molecule has 0 N–H and O–H groups in total. The first-order chi connectivity index (χ1) is 15.5. The highest BCUT2D eigenvalue weighted by Crippen LogP contribution is 2.31. The Morgan fingerprint density at radius 1 is 0.812 bits per heavy atom. The van der Waals surface area contributed by atoms with Gasteiger partial charge in [-0.25, -0.2) is 0 Å². The van der Waals surface area contributed by atoms with Gasteiger partial charge in [0.2, 0.25) is 11.8 Å². The van der Waals surface area contributed by atoms with E-state index >= 15 is 0 Å². The molecule has 0 fully saturated rings. The fraction of sp³-hybridized carbons (Fsp3) is 0.0435. The van der Waals surface area contributed by atoms with Gasteiger partial charge in [-0.3, -0.25) is 24.6 Å². The topological polar surface area (TPSA) is 119 Å². The summed E-state index contributed by atoms with van der Waals surface area (Å²) in [6.07, 6.45) is 0. The van der Waals surface area contributed by atoms with Crippen molar-refractivity contribution in [3.05, 3.63) is 99.6 Å². The van der Waals surface area contributed by atoms with Crippen molar-refractivity contribution >= 4 is 17.5 Å². The summed E-state index contributed by atoms with van der Waals surface area (Å²) < 4.78 is 5.68. The van der Waals surface area contributed by atoms with E-state index < -0.39 is 10.8 Å². The molecule has 0 saturated carbocycles. The number of benzene rings is 3. The third-order valence-corrected chi connectivity index (χ3v) is 5.13. The number of carbonyl (C=O) groups excluding carboxylic acids is 2. The average Bonchev–Trinajstić information content (AvgIpc) is 3.40. The van der Waals surface area contributed by atoms with E-state index in [1.54, 1.807) is 24.3 Å². The first-order valence-corrected chi connectivity index (χ1v) is 9.64. The van der Waals surface area contributed by atoms with Crippen LogP contribution in [0.3, 0.4) is 0 Å². The highest BCUT2D eigenvalue weighted by Gasteiger charge is 2.36. The van der Waals surface area contributed by atoms with Crippen LogP contribution in [0.2, 0.25) is 0 Å². The van der Waals surface area contributed by atoms with Crippen LogP contribution in [0.25, 0.3) is 22.9 Å². The van der Waals surface area contributed by atoms with Crippen LogP contribution in [-0.2, 0) is 6.54 Å². The van der Waals surface area contributed by atoms with E-state index in [1.807, 2.05) is 30.3 Å². The Kier molecular flexibility index (Phi) is 4.55. The van der Waals surface area contributed by atoms with Crippen molar-refractivity contribution < 1.29 is 18.9 Å². The number of nitrogens with zero attached hydrogens (tertiary/aromatic N) is 4. The first-order valence-electron chi connectivity index (χ1n) is 9.64. The lowest BCUT2D eigenvalue weighted by atomic mass is 10.1. The first kappa shape index (κ1) is 19.3. The summed E-state index contributed by atoms with van der Waals surface area (Å²) in [5.41, 5.74) is 2.20. The quantitative estimate of drug-likeness (QED) is 0.268. The van der Waals surface area contributed by atoms with Gasteiger partial charge in [-0.2, -0.15) is 0 Å². The van der Waals surface area contributed by atoms with Gasteiger partial charge >= 0.3 is 0 Å². The van der Waals surface area contributed by atoms with Crippen LogP contribution in [0.1, 0.15) is 26.3 Å². The molecule has 0 saturated heterocycles. The van der Waals surface area contributed by atoms with Crippen LogP contribution >= 0.6 is 0 Å². The van der Waals surface area contributed by atoms with Crippen molar-refractivity contribution in [2.45, 2.75) is 6.54 Å². The lowest BCUT2D eigenvalue weighted by Crippen LogP contribution is -2.29. The lowest BCUT2D eigenvalue weighted by Gasteiger charge is -2.13. The molecule has 9 nitrogen and oxygen atoms in total. The summed E-state index contributed by atoms with van der Waals surface area (Å²) >= 11 is 0. The molecule has 2 amide bonds. The minimum atomic E-state index is -0.509. The van der Waals surface area contributed by atoms with Crippen LogP contribution in [0.4, 0.5) is 5.69 Å². The molecule has 156 valence electrons. The molecule has 0 radical (unpaired) electrons. The zero-order chi connectivity index (χ0) is 22.2. The van der Waals surface area contributed by atoms with Gasteiger partial charge in [0.1, 0.15) is 0 Å². The molecular weight excluding hydrogens is 412 g/mol. The molecule has 0 atom stereocenters. The van der Waals surface area contributed by atoms with E-state index in [-0.39, 0.29) is 35.5 Å². The zero-order valence-electron chi connectivity index (χ0n) is 16.5. The Balaban J connectivity index is 1.44. The van der Waals surface area contributed by atoms with Crippen molar-refractivity contribution in [3.63, 3.8) is 0 Å². The smallest absolute Gasteiger partial charge is 0.270 e. The molecule has 0 aliphatic carbocycles. The lowest BCUT2D eigenvalue weighted by molar-refractivity contribution is -0.384. The van der Waals surface area contributed by atoms with Gasteiger partial charge in [0, 0.05) is 23.3 Å². The summed E-state index contributed by atoms with van der Waals surface area (Å²) in [5.74, 6) is -0.509. The third-order valence-electron chi connectivity index (χ3n) is 5.13. The number of rotatable bonds is 5. The maximum absolute atomic E-state index is 12.9. The maximum atomic E-state index is 12.9. The van der Waals surface area contributed by atoms with Crippen LogP contribution in [-0.4, -0.2) is 31.8 Å². The minimum Gasteiger partial charge on any atom is -0.416 e. The fourth-order valence-corrected chi connectivity index (χ4v) is 3.54. The Morgan fingerprint density at radius 2 is 1.50 bits per heavy atom. The van der Waals surface area contributed by atoms with E-state index in [0.29, 0.717) is 16.7 Å². The highest BCUT2D eigenvalue weighted by atomic mass is 16.6. The van der Waals surface area contributed by atoms with Crippen LogP contribution in [0.5, 0.6) is 0 Å². The Labute approximate surface area is 181 Å². The van der Waals surface area contributed by atoms with Gasteiger partial charge in [0.15, 0.2) is 0 Å². The predicted molar refractivity (Wildman–Crippen MR) is 112 cm³/mol. The number of imide groups is 1. The van der Waals surface area contributed by atoms with E-state index in [4.69, 9.17) is 4.42 Å². The standard InChI is InChI=1S/C23H14N4O5/c28-22-18-10-9-16(12-19(18)23(29)26(22)13-14-5-2-1-3-6-14)21-25-24-20(32-21)15-7-4-8-17(11-15)27(30)31/h1-12H,13H2. The number of carbonyl (C=O) groups is 2. The van der Waals surface area contributed by atoms with Crippen LogP contribution < -0.4 is 0 Å². The summed E-state index contributed by atoms with van der Waals surface area (Å²) in [6.45, 7) is 0.181. The molecule has 9 heteroatoms. The third kappa shape index (κ3) is 3.31. The van der Waals surface area contributed by atoms with Gasteiger partial charge in [-0.05, 0) is 29.8 Å². The highest BCUT2D eigenvalue weighted by molar-refractivity contribution is 6.21. The fourth-order valence-electron chi connectivity index (χ4n) is 3.54. The number of nitro benzene ring substituents is 1. The Hall–Kier alpha value is -4.66. The van der Waals surface area contributed by atoms with Gasteiger partial charge < -0.3 is 4.42 Å². The second kappa shape index (κ2) is 7.55. The summed E-state index contributed by atoms with van der Waals surface area (Å²) in [4.78, 5) is 37.3. The summed E-state index contributed by atoms with van der Waals surface area (Å²) in [6, 6.07) is 19.8. The Bertz CT molecular complexity index is 1380. The molecule has 5 rings (SSSR count). The maximum Gasteiger partial charge on any atom is 0.270 e. The van der Waals surface area contributed by atoms with Gasteiger partial charge in [-0.15, -0.1) is 10.2 Å². The van der Waals surface area contributed by atoms with E-state index in [2.05, 4.69) is 10.2 Å². The minimum absolute atomic E-state index is 0.0950. The van der Waals surface area contributed by atoms with Crippen molar-refractivity contribution in [3.8, 4) is 22.9 Å². The number of hydrogen-bond donors (Lipinski definition) is 0. The molecule has 3 aromatic carbocycles. The molecular formula is C23H14N4O5. The van der Waals surface area contributed by atoms with Crippen molar-refractivity contribution in [2.24, 2.45) is 0 Å². The molecule has 4 aromatic rings. The predicted octanol–water partition coefficient (Wildman–Crippen LogP) is 4.11. The molecule has 1 aromatic heterocycles. The molecule has 2 heterocycles. The number of non-ortho nitro benzene ring substituents is 1. The second-order valence-electron chi connectivity index (χ2n) is 7.16. The Morgan fingerprint density at radius 3 is 2.22 bits per heavy atom. The molecule has 0 unspecified atom stereocenters. The molecule has 1 aliphatic heterocycles. The van der Waals surface area contributed by atoms with Gasteiger partial charge in [-0.1, -0.05) is 36.4 Å². The number of nitro groups is 1. The van der Waals surface area contributed by atoms with E-state index in [9.17, 15) is 19.7 Å². The van der Waals surface area contributed by atoms with Gasteiger partial charge in [0.25, 0.3) is 17.5 Å². The van der Waals surface area contributed by atoms with Crippen LogP contribution in [0.15, 0.2) is 77.2 Å². The SMILES string of the molecule is O=C1c2ccc(-c3nnc(-c4cccc([N+](=O)[O-])c4)o3)cc2C(=O)N1Cc1ccccc1. The summed E-state index contributed by atoms with van der Waals surface area (Å²) in [5, 5.41) is 19.0. The van der Waals surface area contributed by atoms with E-state index in [1.165, 1.54) is 23.1 Å². The normalized spacial score (nSPS) is 12.8. The zero-order valence-corrected chi connectivity index (χ0v) is 16.5. The van der Waals surface area contributed by atoms with Crippen molar-refractivity contribution in [2.75, 3.05) is 0 Å². The van der Waals surface area contributed by atoms with Crippen LogP contribution in [0, 0.1) is 10.1 Å². The number of hydrogen-bond acceptors (Lipinski definition) is 7. The monoisotopic (exact) mass is 426 g/mol. The number of aromatic nitrogens is 2. The molecule has 0 spiro atoms. The van der Waals surface area contributed by atoms with Gasteiger partial charge in [0.05, 0.1) is 22.6 Å². The van der Waals surface area contributed by atoms with Crippen molar-refractivity contribution in [1.82, 2.24) is 15.1 Å². The largest absolute Gasteiger partial charge is 0.416 e. The molecule has 0 bridgehead atoms. The van der Waals surface area contributed by atoms with Crippen molar-refractivity contribution in [1.29, 1.82) is 0 Å². The second-order valence-corrected chi connectivity index (χ2v) is 7.16. The molecule has 1 aliphatic rings. The average molecular weight is 426 g/mol. The number of fused-ring (bicyclic) bond motifs is 1.